The van der Waals surface area contributed by atoms with Crippen LogP contribution in [0.4, 0.5) is 17.1 Å². The quantitative estimate of drug-likeness (QED) is 0.168. The number of nitrogens with zero attached hydrogens (tertiary/aromatic N) is 1. The molecule has 0 saturated heterocycles. The van der Waals surface area contributed by atoms with E-state index in [0.717, 1.165) is 39.0 Å². The van der Waals surface area contributed by atoms with Gasteiger partial charge in [-0.2, -0.15) is 0 Å². The Balaban J connectivity index is 1.08. The van der Waals surface area contributed by atoms with Gasteiger partial charge < -0.3 is 9.32 Å². The smallest absolute Gasteiger partial charge is 0.136 e. The molecule has 0 saturated carbocycles. The van der Waals surface area contributed by atoms with E-state index in [1.54, 1.807) is 0 Å². The molecule has 0 unspecified atom stereocenters. The molecule has 0 atom stereocenters. The highest BCUT2D eigenvalue weighted by Crippen LogP contribution is 2.57. The summed E-state index contributed by atoms with van der Waals surface area (Å²) in [6.45, 7) is 4.71. The zero-order chi connectivity index (χ0) is 40.0. The maximum atomic E-state index is 6.55. The standard InChI is InChI=1S/C58H41NO/c1-57(2)50-24-12-9-20-45(50)48-34-32-43(37-53(48)57)59(42-33-35-54-49(36-42)56-44(23-15-27-55(56)60-54)38-16-5-3-6-17-38)41-30-28-40(29-31-41)58(39-18-7-4-8-19-39)51-25-13-10-21-46(51)47-22-11-14-26-52(47)58/h3-37H,1-2H3. The highest BCUT2D eigenvalue weighted by molar-refractivity contribution is 6.13. The molecule has 2 heteroatoms. The molecular formula is C58H41NO. The van der Waals surface area contributed by atoms with Crippen molar-refractivity contribution >= 4 is 39.0 Å². The van der Waals surface area contributed by atoms with Gasteiger partial charge in [0.25, 0.3) is 0 Å². The molecule has 10 aromatic rings. The van der Waals surface area contributed by atoms with Crippen molar-refractivity contribution in [2.45, 2.75) is 24.7 Å². The predicted molar refractivity (Wildman–Crippen MR) is 249 cm³/mol. The topological polar surface area (TPSA) is 16.4 Å². The van der Waals surface area contributed by atoms with Gasteiger partial charge in [0.05, 0.1) is 5.41 Å². The van der Waals surface area contributed by atoms with Crippen molar-refractivity contribution in [3.8, 4) is 33.4 Å². The summed E-state index contributed by atoms with van der Waals surface area (Å²) in [5.74, 6) is 0. The lowest BCUT2D eigenvalue weighted by atomic mass is 9.68. The van der Waals surface area contributed by atoms with Crippen LogP contribution in [0.5, 0.6) is 0 Å². The zero-order valence-corrected chi connectivity index (χ0v) is 33.6. The van der Waals surface area contributed by atoms with Crippen molar-refractivity contribution in [2.75, 3.05) is 4.90 Å². The molecule has 1 aromatic heterocycles. The number of benzene rings is 9. The lowest BCUT2D eigenvalue weighted by Gasteiger charge is -2.34. The highest BCUT2D eigenvalue weighted by atomic mass is 16.3. The number of hydrogen-bond donors (Lipinski definition) is 0. The van der Waals surface area contributed by atoms with Gasteiger partial charge in [0.2, 0.25) is 0 Å². The van der Waals surface area contributed by atoms with Crippen LogP contribution in [-0.4, -0.2) is 0 Å². The van der Waals surface area contributed by atoms with Gasteiger partial charge >= 0.3 is 0 Å². The van der Waals surface area contributed by atoms with Crippen LogP contribution >= 0.6 is 0 Å². The number of fused-ring (bicyclic) bond motifs is 9. The lowest BCUT2D eigenvalue weighted by molar-refractivity contribution is 0.660. The summed E-state index contributed by atoms with van der Waals surface area (Å²) < 4.78 is 6.55. The molecule has 0 N–H and O–H groups in total. The van der Waals surface area contributed by atoms with Crippen molar-refractivity contribution in [3.05, 3.63) is 246 Å². The van der Waals surface area contributed by atoms with Crippen LogP contribution in [0.3, 0.4) is 0 Å². The molecule has 0 amide bonds. The maximum Gasteiger partial charge on any atom is 0.136 e. The minimum atomic E-state index is -0.469. The largest absolute Gasteiger partial charge is 0.456 e. The number of furan rings is 1. The van der Waals surface area contributed by atoms with Crippen LogP contribution in [0.2, 0.25) is 0 Å². The fraction of sp³-hybridized carbons (Fsp3) is 0.0690. The first-order valence-electron chi connectivity index (χ1n) is 20.9. The monoisotopic (exact) mass is 767 g/mol. The van der Waals surface area contributed by atoms with Gasteiger partial charge in [-0.3, -0.25) is 0 Å². The molecular weight excluding hydrogens is 727 g/mol. The summed E-state index contributed by atoms with van der Waals surface area (Å²) in [5, 5.41) is 2.23. The van der Waals surface area contributed by atoms with E-state index in [1.165, 1.54) is 66.8 Å². The summed E-state index contributed by atoms with van der Waals surface area (Å²) in [5.41, 5.74) is 19.8. The summed E-state index contributed by atoms with van der Waals surface area (Å²) in [6, 6.07) is 77.9. The third-order valence-electron chi connectivity index (χ3n) is 13.4. The van der Waals surface area contributed by atoms with E-state index in [4.69, 9.17) is 4.42 Å². The second-order valence-corrected chi connectivity index (χ2v) is 16.8. The van der Waals surface area contributed by atoms with Crippen molar-refractivity contribution in [1.82, 2.24) is 0 Å². The van der Waals surface area contributed by atoms with E-state index in [9.17, 15) is 0 Å². The van der Waals surface area contributed by atoms with Crippen LogP contribution in [0, 0.1) is 0 Å². The maximum absolute atomic E-state index is 6.55. The molecule has 12 rings (SSSR count). The van der Waals surface area contributed by atoms with E-state index >= 15 is 0 Å². The number of hydrogen-bond acceptors (Lipinski definition) is 2. The van der Waals surface area contributed by atoms with Gasteiger partial charge in [-0.05, 0) is 115 Å². The Morgan fingerprint density at radius 1 is 0.367 bits per heavy atom. The Morgan fingerprint density at radius 3 is 1.58 bits per heavy atom. The molecule has 0 fully saturated rings. The Kier molecular flexibility index (Phi) is 7.52. The summed E-state index contributed by atoms with van der Waals surface area (Å²) in [6.07, 6.45) is 0. The first-order chi connectivity index (χ1) is 29.5. The molecule has 0 aliphatic heterocycles. The second kappa shape index (κ2) is 13.0. The van der Waals surface area contributed by atoms with Gasteiger partial charge in [-0.15, -0.1) is 0 Å². The molecule has 1 heterocycles. The fourth-order valence-corrected chi connectivity index (χ4v) is 10.7. The predicted octanol–water partition coefficient (Wildman–Crippen LogP) is 15.4. The average molecular weight is 768 g/mol. The van der Waals surface area contributed by atoms with Gasteiger partial charge in [-0.25, -0.2) is 0 Å². The van der Waals surface area contributed by atoms with Crippen LogP contribution < -0.4 is 4.90 Å². The summed E-state index contributed by atoms with van der Waals surface area (Å²) in [4.78, 5) is 2.43. The third kappa shape index (κ3) is 4.88. The van der Waals surface area contributed by atoms with E-state index in [2.05, 4.69) is 231 Å². The molecule has 0 bridgehead atoms. The van der Waals surface area contributed by atoms with Crippen molar-refractivity contribution in [1.29, 1.82) is 0 Å². The minimum absolute atomic E-state index is 0.141. The fourth-order valence-electron chi connectivity index (χ4n) is 10.7. The molecule has 2 aliphatic carbocycles. The van der Waals surface area contributed by atoms with Crippen molar-refractivity contribution in [2.24, 2.45) is 0 Å². The average Bonchev–Trinajstić information content (AvgIpc) is 3.91. The normalized spacial score (nSPS) is 14.1. The summed E-state index contributed by atoms with van der Waals surface area (Å²) >= 11 is 0. The van der Waals surface area contributed by atoms with E-state index in [-0.39, 0.29) is 5.41 Å². The van der Waals surface area contributed by atoms with Crippen LogP contribution in [0.25, 0.3) is 55.3 Å². The Hall–Kier alpha value is -7.42. The second-order valence-electron chi connectivity index (χ2n) is 16.8. The van der Waals surface area contributed by atoms with E-state index < -0.39 is 5.41 Å². The van der Waals surface area contributed by atoms with Gasteiger partial charge in [0, 0.05) is 33.2 Å². The number of anilines is 3. The molecule has 284 valence electrons. The van der Waals surface area contributed by atoms with Gasteiger partial charge in [-0.1, -0.05) is 178 Å². The number of rotatable bonds is 6. The van der Waals surface area contributed by atoms with Crippen molar-refractivity contribution in [3.63, 3.8) is 0 Å². The van der Waals surface area contributed by atoms with Crippen molar-refractivity contribution < 1.29 is 4.42 Å². The highest BCUT2D eigenvalue weighted by Gasteiger charge is 2.46. The van der Waals surface area contributed by atoms with E-state index in [1.807, 2.05) is 0 Å². The Labute approximate surface area is 350 Å². The lowest BCUT2D eigenvalue weighted by Crippen LogP contribution is -2.28. The van der Waals surface area contributed by atoms with Gasteiger partial charge in [0.1, 0.15) is 11.2 Å². The van der Waals surface area contributed by atoms with Gasteiger partial charge in [0.15, 0.2) is 0 Å². The third-order valence-corrected chi connectivity index (χ3v) is 13.4. The first kappa shape index (κ1) is 34.6. The first-order valence-corrected chi connectivity index (χ1v) is 20.9. The summed E-state index contributed by atoms with van der Waals surface area (Å²) in [7, 11) is 0. The van der Waals surface area contributed by atoms with Crippen LogP contribution in [0.15, 0.2) is 217 Å². The minimum Gasteiger partial charge on any atom is -0.456 e. The molecule has 2 nitrogen and oxygen atoms in total. The Bertz CT molecular complexity index is 3240. The molecule has 0 radical (unpaired) electrons. The molecule has 60 heavy (non-hydrogen) atoms. The van der Waals surface area contributed by atoms with Crippen LogP contribution in [-0.2, 0) is 10.8 Å². The van der Waals surface area contributed by atoms with Crippen LogP contribution in [0.1, 0.15) is 47.2 Å². The van der Waals surface area contributed by atoms with E-state index in [0.29, 0.717) is 0 Å². The zero-order valence-electron chi connectivity index (χ0n) is 33.6. The SMILES string of the molecule is CC1(C)c2ccccc2-c2ccc(N(c3ccc(C4(c5ccccc5)c5ccccc5-c5ccccc54)cc3)c3ccc4oc5cccc(-c6ccccc6)c5c4c3)cc21. The molecule has 9 aromatic carbocycles. The molecule has 0 spiro atoms. The Morgan fingerprint density at radius 2 is 0.883 bits per heavy atom. The molecule has 2 aliphatic rings.